The number of rotatable bonds is 3. The predicted octanol–water partition coefficient (Wildman–Crippen LogP) is 4.21. The van der Waals surface area contributed by atoms with Crippen molar-refractivity contribution >= 4 is 0 Å². The van der Waals surface area contributed by atoms with Crippen molar-refractivity contribution in [2.24, 2.45) is 0 Å². The van der Waals surface area contributed by atoms with Crippen LogP contribution in [0.1, 0.15) is 42.6 Å². The van der Waals surface area contributed by atoms with Crippen LogP contribution in [0, 0.1) is 6.07 Å². The molecule has 1 aromatic carbocycles. The van der Waals surface area contributed by atoms with E-state index in [0.29, 0.717) is 5.69 Å². The summed E-state index contributed by atoms with van der Waals surface area (Å²) < 4.78 is 12.8. The van der Waals surface area contributed by atoms with E-state index in [0.717, 1.165) is 18.5 Å². The molecule has 0 amide bonds. The molecule has 1 aliphatic rings. The molecule has 2 aromatic rings. The largest absolute Gasteiger partial charge is 0.254 e. The monoisotopic (exact) mass is 447 g/mol. The molecule has 0 aliphatic heterocycles. The summed E-state index contributed by atoms with van der Waals surface area (Å²) in [6, 6.07) is 17.2. The third-order valence-corrected chi connectivity index (χ3v) is 4.12. The number of aromatic nitrogens is 1. The van der Waals surface area contributed by atoms with Crippen molar-refractivity contribution in [1.82, 2.24) is 4.98 Å². The molecule has 1 aliphatic carbocycles. The Labute approximate surface area is 133 Å². The van der Waals surface area contributed by atoms with Crippen LogP contribution in [-0.4, -0.2) is 4.98 Å². The van der Waals surface area contributed by atoms with Gasteiger partial charge in [0, 0.05) is 31.2 Å². The van der Waals surface area contributed by atoms with E-state index in [4.69, 9.17) is 0 Å². The predicted molar refractivity (Wildman–Crippen MR) is 73.6 cm³/mol. The quantitative estimate of drug-likeness (QED) is 0.644. The van der Waals surface area contributed by atoms with Crippen molar-refractivity contribution in [3.05, 3.63) is 65.5 Å². The molecule has 0 saturated heterocycles. The summed E-state index contributed by atoms with van der Waals surface area (Å²) in [6.07, 6.45) is 4.56. The van der Waals surface area contributed by atoms with Crippen molar-refractivity contribution < 1.29 is 24.5 Å². The second kappa shape index (κ2) is 6.60. The molecule has 107 valence electrons. The van der Waals surface area contributed by atoms with Crippen LogP contribution in [0.25, 0.3) is 0 Å². The van der Waals surface area contributed by atoms with Gasteiger partial charge in [0.2, 0.25) is 0 Å². The van der Waals surface area contributed by atoms with Crippen LogP contribution in [0.3, 0.4) is 0 Å². The van der Waals surface area contributed by atoms with Gasteiger partial charge in [0.25, 0.3) is 0 Å². The molecule has 20 heavy (non-hydrogen) atoms. The zero-order chi connectivity index (χ0) is 13.1. The van der Waals surface area contributed by atoms with Crippen molar-refractivity contribution in [3.8, 4) is 0 Å². The van der Waals surface area contributed by atoms with Gasteiger partial charge in [-0.1, -0.05) is 18.9 Å². The Bertz CT molecular complexity index is 550. The Morgan fingerprint density at radius 3 is 2.55 bits per heavy atom. The molecule has 3 heteroatoms. The fraction of sp³-hybridized carbons (Fsp3) is 0.353. The standard InChI is InChI=1S/C17H17FN.Ir/c18-13-15-9-6-10-16(19-15)17(11-4-5-12-17)14-7-2-1-3-8-14;/h1-3,6-7,9-10H,4-5,11-13H2;/q-1;. The fourth-order valence-electron chi connectivity index (χ4n) is 3.15. The summed E-state index contributed by atoms with van der Waals surface area (Å²) in [4.78, 5) is 4.53. The number of hydrogen-bond donors (Lipinski definition) is 0. The van der Waals surface area contributed by atoms with E-state index in [-0.39, 0.29) is 25.5 Å². The topological polar surface area (TPSA) is 12.9 Å². The van der Waals surface area contributed by atoms with E-state index in [1.54, 1.807) is 6.07 Å². The number of benzene rings is 1. The average Bonchev–Trinajstić information content (AvgIpc) is 2.99. The molecular formula is C17H17FIrN-. The Morgan fingerprint density at radius 2 is 1.90 bits per heavy atom. The molecule has 1 radical (unpaired) electrons. The molecule has 1 aromatic heterocycles. The van der Waals surface area contributed by atoms with E-state index in [9.17, 15) is 4.39 Å². The van der Waals surface area contributed by atoms with Crippen LogP contribution in [0.2, 0.25) is 0 Å². The summed E-state index contributed by atoms with van der Waals surface area (Å²) in [5.41, 5.74) is 2.66. The Hall–Kier alpha value is -1.05. The maximum absolute atomic E-state index is 12.8. The van der Waals surface area contributed by atoms with Gasteiger partial charge in [0.1, 0.15) is 6.67 Å². The van der Waals surface area contributed by atoms with Gasteiger partial charge in [-0.3, -0.25) is 4.98 Å². The second-order valence-corrected chi connectivity index (χ2v) is 5.21. The van der Waals surface area contributed by atoms with Gasteiger partial charge in [0.15, 0.2) is 0 Å². The Morgan fingerprint density at radius 1 is 1.10 bits per heavy atom. The normalized spacial score (nSPS) is 16.6. The summed E-state index contributed by atoms with van der Waals surface area (Å²) in [5, 5.41) is 0. The summed E-state index contributed by atoms with van der Waals surface area (Å²) >= 11 is 0. The molecule has 1 heterocycles. The van der Waals surface area contributed by atoms with Crippen LogP contribution in [0.15, 0.2) is 42.5 Å². The van der Waals surface area contributed by atoms with Gasteiger partial charge in [-0.05, 0) is 25.0 Å². The number of hydrogen-bond acceptors (Lipinski definition) is 1. The molecule has 1 nitrogen and oxygen atoms in total. The summed E-state index contributed by atoms with van der Waals surface area (Å²) in [5.74, 6) is 0. The molecule has 0 spiro atoms. The van der Waals surface area contributed by atoms with Crippen LogP contribution in [0.4, 0.5) is 4.39 Å². The first-order chi connectivity index (χ1) is 9.35. The first kappa shape index (κ1) is 15.3. The molecule has 0 N–H and O–H groups in total. The van der Waals surface area contributed by atoms with Crippen molar-refractivity contribution in [3.63, 3.8) is 0 Å². The van der Waals surface area contributed by atoms with Crippen LogP contribution in [0.5, 0.6) is 0 Å². The summed E-state index contributed by atoms with van der Waals surface area (Å²) in [6.45, 7) is -0.498. The Kier molecular flexibility index (Phi) is 5.06. The first-order valence-electron chi connectivity index (χ1n) is 6.85. The molecule has 0 atom stereocenters. The molecule has 0 unspecified atom stereocenters. The smallest absolute Gasteiger partial charge is 0.131 e. The zero-order valence-corrected chi connectivity index (χ0v) is 13.6. The van der Waals surface area contributed by atoms with Gasteiger partial charge < -0.3 is 0 Å². The van der Waals surface area contributed by atoms with Gasteiger partial charge in [0.05, 0.1) is 5.69 Å². The molecule has 0 bridgehead atoms. The number of alkyl halides is 1. The molecular weight excluding hydrogens is 429 g/mol. The van der Waals surface area contributed by atoms with E-state index in [2.05, 4.69) is 17.1 Å². The van der Waals surface area contributed by atoms with Crippen molar-refractivity contribution in [2.45, 2.75) is 37.8 Å². The number of pyridine rings is 1. The minimum Gasteiger partial charge on any atom is -0.254 e. The van der Waals surface area contributed by atoms with Gasteiger partial charge in [-0.25, -0.2) is 4.39 Å². The SMILES string of the molecule is FCc1cccc(C2(c3[c-]cccc3)CCCC2)n1.[Ir]. The van der Waals surface area contributed by atoms with Crippen LogP contribution in [-0.2, 0) is 32.2 Å². The summed E-state index contributed by atoms with van der Waals surface area (Å²) in [7, 11) is 0. The van der Waals surface area contributed by atoms with E-state index >= 15 is 0 Å². The minimum absolute atomic E-state index is 0. The number of nitrogens with zero attached hydrogens (tertiary/aromatic N) is 1. The molecule has 1 saturated carbocycles. The first-order valence-corrected chi connectivity index (χ1v) is 6.85. The second-order valence-electron chi connectivity index (χ2n) is 5.21. The van der Waals surface area contributed by atoms with E-state index in [1.807, 2.05) is 30.3 Å². The zero-order valence-electron chi connectivity index (χ0n) is 11.2. The molecule has 3 rings (SSSR count). The van der Waals surface area contributed by atoms with Gasteiger partial charge in [-0.15, -0.1) is 0 Å². The van der Waals surface area contributed by atoms with E-state index < -0.39 is 6.67 Å². The number of halogens is 1. The maximum Gasteiger partial charge on any atom is 0.131 e. The third kappa shape index (κ3) is 2.70. The van der Waals surface area contributed by atoms with Crippen LogP contribution < -0.4 is 0 Å². The van der Waals surface area contributed by atoms with Crippen molar-refractivity contribution in [2.75, 3.05) is 0 Å². The van der Waals surface area contributed by atoms with Gasteiger partial charge in [-0.2, -0.15) is 35.9 Å². The van der Waals surface area contributed by atoms with Crippen LogP contribution >= 0.6 is 0 Å². The average molecular weight is 447 g/mol. The third-order valence-electron chi connectivity index (χ3n) is 4.12. The van der Waals surface area contributed by atoms with E-state index in [1.165, 1.54) is 18.4 Å². The van der Waals surface area contributed by atoms with Crippen molar-refractivity contribution in [1.29, 1.82) is 0 Å². The molecule has 1 fully saturated rings. The van der Waals surface area contributed by atoms with Gasteiger partial charge >= 0.3 is 0 Å². The minimum atomic E-state index is -0.498. The maximum atomic E-state index is 12.8. The Balaban J connectivity index is 0.00000147. The fourth-order valence-corrected chi connectivity index (χ4v) is 3.15.